The molecule has 1 aromatic heterocycles. The summed E-state index contributed by atoms with van der Waals surface area (Å²) in [6, 6.07) is 14.5. The second-order valence-electron chi connectivity index (χ2n) is 7.73. The Morgan fingerprint density at radius 1 is 1.00 bits per heavy atom. The number of aromatic amines is 1. The summed E-state index contributed by atoms with van der Waals surface area (Å²) in [6.45, 7) is 0.908. The van der Waals surface area contributed by atoms with Crippen molar-refractivity contribution in [2.75, 3.05) is 31.1 Å². The molecule has 2 fully saturated rings. The molecule has 0 radical (unpaired) electrons. The molecule has 2 aromatic carbocycles. The number of fused-ring (bicyclic) bond motifs is 1. The zero-order chi connectivity index (χ0) is 20.2. The van der Waals surface area contributed by atoms with E-state index in [2.05, 4.69) is 4.98 Å². The summed E-state index contributed by atoms with van der Waals surface area (Å²) in [5.74, 6) is -2.74. The van der Waals surface area contributed by atoms with Crippen LogP contribution in [0.4, 0.5) is 14.5 Å². The molecule has 0 atom stereocenters. The van der Waals surface area contributed by atoms with Crippen LogP contribution < -0.4 is 4.90 Å². The molecule has 5 rings (SSSR count). The minimum Gasteiger partial charge on any atom is -0.365 e. The lowest BCUT2D eigenvalue weighted by atomic mass is 10.1. The number of benzene rings is 2. The first kappa shape index (κ1) is 18.6. The van der Waals surface area contributed by atoms with Crippen molar-refractivity contribution in [2.24, 2.45) is 0 Å². The molecule has 3 heterocycles. The summed E-state index contributed by atoms with van der Waals surface area (Å²) in [4.78, 5) is 5.14. The van der Waals surface area contributed by atoms with Gasteiger partial charge in [0.2, 0.25) is 10.0 Å². The average Bonchev–Trinajstić information content (AvgIpc) is 3.22. The zero-order valence-corrected chi connectivity index (χ0v) is 16.6. The zero-order valence-electron chi connectivity index (χ0n) is 15.7. The van der Waals surface area contributed by atoms with Crippen molar-refractivity contribution in [3.8, 4) is 11.3 Å². The number of sulfonamides is 1. The minimum atomic E-state index is -3.57. The molecule has 2 aliphatic rings. The van der Waals surface area contributed by atoms with E-state index >= 15 is 0 Å². The van der Waals surface area contributed by atoms with E-state index in [4.69, 9.17) is 0 Å². The fourth-order valence-electron chi connectivity index (χ4n) is 4.00. The van der Waals surface area contributed by atoms with E-state index in [1.54, 1.807) is 17.0 Å². The van der Waals surface area contributed by atoms with Gasteiger partial charge in [-0.05, 0) is 36.8 Å². The Hall–Kier alpha value is -2.45. The van der Waals surface area contributed by atoms with Crippen LogP contribution in [0.25, 0.3) is 22.2 Å². The third-order valence-electron chi connectivity index (χ3n) is 5.75. The van der Waals surface area contributed by atoms with Crippen LogP contribution in [0, 0.1) is 0 Å². The standard InChI is InChI=1S/C21H21F2N3O2S/c22-21(23)8-11-25(14-21)20-7-6-16(29(27,28)26-9-3-10-26)13-17(20)19-12-15-4-1-2-5-18(15)24-19/h1-2,4-7,12-13,24H,3,8-11,14H2. The number of H-pyrrole nitrogens is 1. The van der Waals surface area contributed by atoms with Crippen molar-refractivity contribution < 1.29 is 17.2 Å². The first-order valence-electron chi connectivity index (χ1n) is 9.69. The first-order chi connectivity index (χ1) is 13.8. The van der Waals surface area contributed by atoms with Gasteiger partial charge < -0.3 is 9.88 Å². The number of rotatable bonds is 4. The largest absolute Gasteiger partial charge is 0.365 e. The quantitative estimate of drug-likeness (QED) is 0.696. The van der Waals surface area contributed by atoms with E-state index in [0.717, 1.165) is 23.0 Å². The van der Waals surface area contributed by atoms with Gasteiger partial charge in [-0.3, -0.25) is 0 Å². The van der Waals surface area contributed by atoms with Gasteiger partial charge >= 0.3 is 0 Å². The molecule has 0 bridgehead atoms. The number of nitrogens with zero attached hydrogens (tertiary/aromatic N) is 2. The lowest BCUT2D eigenvalue weighted by Gasteiger charge is -2.30. The molecule has 0 aliphatic carbocycles. The monoisotopic (exact) mass is 417 g/mol. The van der Waals surface area contributed by atoms with Gasteiger partial charge in [0, 0.05) is 53.9 Å². The molecule has 0 unspecified atom stereocenters. The number of aromatic nitrogens is 1. The van der Waals surface area contributed by atoms with Gasteiger partial charge in [0.25, 0.3) is 5.92 Å². The Balaban J connectivity index is 1.65. The van der Waals surface area contributed by atoms with Crippen molar-refractivity contribution in [1.29, 1.82) is 0 Å². The molecular formula is C21H21F2N3O2S. The summed E-state index contributed by atoms with van der Waals surface area (Å²) in [5, 5.41) is 0.983. The number of nitrogens with one attached hydrogen (secondary N) is 1. The molecule has 0 saturated carbocycles. The number of para-hydroxylation sites is 1. The molecule has 5 nitrogen and oxygen atoms in total. The van der Waals surface area contributed by atoms with Gasteiger partial charge in [-0.2, -0.15) is 4.31 Å². The van der Waals surface area contributed by atoms with E-state index < -0.39 is 15.9 Å². The lowest BCUT2D eigenvalue weighted by molar-refractivity contribution is 0.0257. The Morgan fingerprint density at radius 2 is 1.79 bits per heavy atom. The molecule has 8 heteroatoms. The second kappa shape index (κ2) is 6.53. The van der Waals surface area contributed by atoms with Crippen molar-refractivity contribution in [2.45, 2.75) is 23.7 Å². The maximum absolute atomic E-state index is 13.9. The first-order valence-corrected chi connectivity index (χ1v) is 11.1. The SMILES string of the molecule is O=S(=O)(c1ccc(N2CCC(F)(F)C2)c(-c2cc3ccccc3[nH]2)c1)N1CCC1. The Labute approximate surface area is 168 Å². The lowest BCUT2D eigenvalue weighted by Crippen LogP contribution is -2.41. The number of hydrogen-bond donors (Lipinski definition) is 1. The Kier molecular flexibility index (Phi) is 4.18. The highest BCUT2D eigenvalue weighted by Gasteiger charge is 2.39. The van der Waals surface area contributed by atoms with E-state index in [-0.39, 0.29) is 24.4 Å². The molecule has 152 valence electrons. The molecule has 2 saturated heterocycles. The van der Waals surface area contributed by atoms with Crippen LogP contribution in [0.15, 0.2) is 53.4 Å². The maximum Gasteiger partial charge on any atom is 0.266 e. The van der Waals surface area contributed by atoms with Gasteiger partial charge in [-0.1, -0.05) is 18.2 Å². The van der Waals surface area contributed by atoms with E-state index in [1.807, 2.05) is 30.3 Å². The summed E-state index contributed by atoms with van der Waals surface area (Å²) in [5.41, 5.74) is 2.88. The highest BCUT2D eigenvalue weighted by molar-refractivity contribution is 7.89. The minimum absolute atomic E-state index is 0.195. The number of alkyl halides is 2. The van der Waals surface area contributed by atoms with Crippen LogP contribution in [0.3, 0.4) is 0 Å². The number of hydrogen-bond acceptors (Lipinski definition) is 3. The predicted molar refractivity (Wildman–Crippen MR) is 109 cm³/mol. The van der Waals surface area contributed by atoms with Crippen molar-refractivity contribution in [3.63, 3.8) is 0 Å². The Bertz CT molecular complexity index is 1150. The highest BCUT2D eigenvalue weighted by Crippen LogP contribution is 2.39. The van der Waals surface area contributed by atoms with E-state index in [9.17, 15) is 17.2 Å². The van der Waals surface area contributed by atoms with Gasteiger partial charge in [0.05, 0.1) is 11.4 Å². The van der Waals surface area contributed by atoms with Crippen molar-refractivity contribution in [1.82, 2.24) is 9.29 Å². The van der Waals surface area contributed by atoms with Crippen molar-refractivity contribution in [3.05, 3.63) is 48.5 Å². The van der Waals surface area contributed by atoms with Crippen LogP contribution in [0.2, 0.25) is 0 Å². The van der Waals surface area contributed by atoms with Crippen LogP contribution >= 0.6 is 0 Å². The topological polar surface area (TPSA) is 56.4 Å². The third-order valence-corrected chi connectivity index (χ3v) is 7.65. The van der Waals surface area contributed by atoms with Crippen LogP contribution in [-0.2, 0) is 10.0 Å². The van der Waals surface area contributed by atoms with Crippen LogP contribution in [0.5, 0.6) is 0 Å². The van der Waals surface area contributed by atoms with Crippen LogP contribution in [-0.4, -0.2) is 49.8 Å². The average molecular weight is 417 g/mol. The van der Waals surface area contributed by atoms with Gasteiger partial charge in [0.15, 0.2) is 0 Å². The fourth-order valence-corrected chi connectivity index (χ4v) is 5.55. The molecule has 29 heavy (non-hydrogen) atoms. The molecular weight excluding hydrogens is 396 g/mol. The van der Waals surface area contributed by atoms with Gasteiger partial charge in [-0.25, -0.2) is 17.2 Å². The summed E-state index contributed by atoms with van der Waals surface area (Å²) in [7, 11) is -3.57. The van der Waals surface area contributed by atoms with E-state index in [0.29, 0.717) is 24.3 Å². The predicted octanol–water partition coefficient (Wildman–Crippen LogP) is 4.07. The molecule has 2 aliphatic heterocycles. The normalized spacial score (nSPS) is 19.6. The highest BCUT2D eigenvalue weighted by atomic mass is 32.2. The Morgan fingerprint density at radius 3 is 2.45 bits per heavy atom. The van der Waals surface area contributed by atoms with Gasteiger partial charge in [-0.15, -0.1) is 0 Å². The summed E-state index contributed by atoms with van der Waals surface area (Å²) < 4.78 is 54.9. The number of halogens is 2. The smallest absolute Gasteiger partial charge is 0.266 e. The summed E-state index contributed by atoms with van der Waals surface area (Å²) in [6.07, 6.45) is 0.655. The van der Waals surface area contributed by atoms with Crippen molar-refractivity contribution >= 4 is 26.6 Å². The molecule has 1 N–H and O–H groups in total. The maximum atomic E-state index is 13.9. The second-order valence-corrected chi connectivity index (χ2v) is 9.67. The molecule has 3 aromatic rings. The van der Waals surface area contributed by atoms with E-state index in [1.165, 1.54) is 10.4 Å². The van der Waals surface area contributed by atoms with Crippen LogP contribution in [0.1, 0.15) is 12.8 Å². The fraction of sp³-hybridized carbons (Fsp3) is 0.333. The third kappa shape index (κ3) is 3.20. The van der Waals surface area contributed by atoms with Gasteiger partial charge in [0.1, 0.15) is 0 Å². The molecule has 0 spiro atoms. The number of anilines is 1. The summed E-state index contributed by atoms with van der Waals surface area (Å²) >= 11 is 0. The molecule has 0 amide bonds.